The minimum atomic E-state index is -1.00. The molecule has 0 spiro atoms. The summed E-state index contributed by atoms with van der Waals surface area (Å²) >= 11 is 0. The van der Waals surface area contributed by atoms with Crippen molar-refractivity contribution in [3.05, 3.63) is 30.1 Å². The lowest BCUT2D eigenvalue weighted by Gasteiger charge is -2.23. The third-order valence-corrected chi connectivity index (χ3v) is 3.15. The standard InChI is InChI=1S/C15H20FNO4/c1-3-13(15(19)20)17(2)14(18)5-4-10-21-12-8-6-11(16)7-9-12/h6-9,13H,3-5,10H2,1-2H3,(H,19,20). The van der Waals surface area contributed by atoms with E-state index in [4.69, 9.17) is 9.84 Å². The van der Waals surface area contributed by atoms with Gasteiger partial charge in [0.25, 0.3) is 0 Å². The second-order valence-electron chi connectivity index (χ2n) is 4.67. The van der Waals surface area contributed by atoms with E-state index in [0.29, 0.717) is 25.2 Å². The van der Waals surface area contributed by atoms with E-state index in [2.05, 4.69) is 0 Å². The Kier molecular flexibility index (Phi) is 6.65. The van der Waals surface area contributed by atoms with Gasteiger partial charge in [-0.15, -0.1) is 0 Å². The van der Waals surface area contributed by atoms with Gasteiger partial charge in [-0.2, -0.15) is 0 Å². The Morgan fingerprint density at radius 3 is 2.48 bits per heavy atom. The average Bonchev–Trinajstić information content (AvgIpc) is 2.45. The lowest BCUT2D eigenvalue weighted by Crippen LogP contribution is -2.41. The molecule has 1 aromatic carbocycles. The third-order valence-electron chi connectivity index (χ3n) is 3.15. The first-order chi connectivity index (χ1) is 9.95. The van der Waals surface area contributed by atoms with Gasteiger partial charge >= 0.3 is 5.97 Å². The fraction of sp³-hybridized carbons (Fsp3) is 0.467. The van der Waals surface area contributed by atoms with E-state index >= 15 is 0 Å². The molecule has 1 N–H and O–H groups in total. The smallest absolute Gasteiger partial charge is 0.326 e. The summed E-state index contributed by atoms with van der Waals surface area (Å²) in [5, 5.41) is 8.99. The van der Waals surface area contributed by atoms with E-state index in [1.54, 1.807) is 6.92 Å². The maximum Gasteiger partial charge on any atom is 0.326 e. The van der Waals surface area contributed by atoms with Gasteiger partial charge in [0.2, 0.25) is 5.91 Å². The zero-order valence-electron chi connectivity index (χ0n) is 12.2. The predicted molar refractivity (Wildman–Crippen MR) is 75.6 cm³/mol. The van der Waals surface area contributed by atoms with Crippen molar-refractivity contribution >= 4 is 11.9 Å². The Labute approximate surface area is 123 Å². The van der Waals surface area contributed by atoms with Gasteiger partial charge in [0.15, 0.2) is 0 Å². The fourth-order valence-electron chi connectivity index (χ4n) is 1.91. The van der Waals surface area contributed by atoms with E-state index < -0.39 is 12.0 Å². The predicted octanol–water partition coefficient (Wildman–Crippen LogP) is 2.31. The van der Waals surface area contributed by atoms with Gasteiger partial charge in [0, 0.05) is 13.5 Å². The van der Waals surface area contributed by atoms with Gasteiger partial charge in [-0.05, 0) is 37.1 Å². The lowest BCUT2D eigenvalue weighted by atomic mass is 10.2. The van der Waals surface area contributed by atoms with Crippen LogP contribution < -0.4 is 4.74 Å². The molecule has 0 radical (unpaired) electrons. The molecule has 0 fully saturated rings. The summed E-state index contributed by atoms with van der Waals surface area (Å²) in [7, 11) is 1.49. The van der Waals surface area contributed by atoms with Crippen molar-refractivity contribution in [3.63, 3.8) is 0 Å². The molecule has 0 aromatic heterocycles. The van der Waals surface area contributed by atoms with Crippen molar-refractivity contribution < 1.29 is 23.8 Å². The zero-order valence-corrected chi connectivity index (χ0v) is 12.2. The van der Waals surface area contributed by atoms with Crippen LogP contribution >= 0.6 is 0 Å². The van der Waals surface area contributed by atoms with Crippen LogP contribution in [-0.2, 0) is 9.59 Å². The molecule has 5 nitrogen and oxygen atoms in total. The Hall–Kier alpha value is -2.11. The van der Waals surface area contributed by atoms with Crippen LogP contribution in [0.15, 0.2) is 24.3 Å². The molecule has 116 valence electrons. The second-order valence-corrected chi connectivity index (χ2v) is 4.67. The second kappa shape index (κ2) is 8.24. The highest BCUT2D eigenvalue weighted by Crippen LogP contribution is 2.12. The van der Waals surface area contributed by atoms with E-state index in [1.807, 2.05) is 0 Å². The van der Waals surface area contributed by atoms with Crippen molar-refractivity contribution in [2.75, 3.05) is 13.7 Å². The minimum absolute atomic E-state index is 0.210. The summed E-state index contributed by atoms with van der Waals surface area (Å²) in [6, 6.07) is 4.83. The molecule has 1 rings (SSSR count). The summed E-state index contributed by atoms with van der Waals surface area (Å²) in [5.41, 5.74) is 0. The largest absolute Gasteiger partial charge is 0.494 e. The Bertz CT molecular complexity index is 475. The van der Waals surface area contributed by atoms with Crippen LogP contribution in [0.1, 0.15) is 26.2 Å². The number of nitrogens with zero attached hydrogens (tertiary/aromatic N) is 1. The summed E-state index contributed by atoms with van der Waals surface area (Å²) in [6.45, 7) is 2.04. The number of likely N-dealkylation sites (N-methyl/N-ethyl adjacent to an activating group) is 1. The van der Waals surface area contributed by atoms with Crippen LogP contribution in [0.3, 0.4) is 0 Å². The number of halogens is 1. The molecule has 0 saturated heterocycles. The number of hydrogen-bond acceptors (Lipinski definition) is 3. The molecule has 0 aliphatic heterocycles. The van der Waals surface area contributed by atoms with Gasteiger partial charge in [-0.3, -0.25) is 4.79 Å². The van der Waals surface area contributed by atoms with E-state index in [-0.39, 0.29) is 18.1 Å². The van der Waals surface area contributed by atoms with E-state index in [1.165, 1.54) is 36.2 Å². The maximum absolute atomic E-state index is 12.7. The Balaban J connectivity index is 2.33. The van der Waals surface area contributed by atoms with Gasteiger partial charge in [-0.25, -0.2) is 9.18 Å². The number of ether oxygens (including phenoxy) is 1. The molecule has 0 aliphatic rings. The van der Waals surface area contributed by atoms with Gasteiger partial charge in [0.05, 0.1) is 6.61 Å². The van der Waals surface area contributed by atoms with E-state index in [0.717, 1.165) is 0 Å². The summed E-state index contributed by atoms with van der Waals surface area (Å²) in [6.07, 6.45) is 1.04. The van der Waals surface area contributed by atoms with Gasteiger partial charge in [0.1, 0.15) is 17.6 Å². The third kappa shape index (κ3) is 5.41. The summed E-state index contributed by atoms with van der Waals surface area (Å²) in [4.78, 5) is 24.1. The highest BCUT2D eigenvalue weighted by Gasteiger charge is 2.23. The molecule has 1 unspecified atom stereocenters. The molecule has 1 atom stereocenters. The van der Waals surface area contributed by atoms with Crippen molar-refractivity contribution in [2.45, 2.75) is 32.2 Å². The molecule has 1 aromatic rings. The van der Waals surface area contributed by atoms with Crippen LogP contribution in [0.5, 0.6) is 5.75 Å². The lowest BCUT2D eigenvalue weighted by molar-refractivity contribution is -0.149. The quantitative estimate of drug-likeness (QED) is 0.748. The van der Waals surface area contributed by atoms with Gasteiger partial charge < -0.3 is 14.7 Å². The first-order valence-corrected chi connectivity index (χ1v) is 6.82. The Morgan fingerprint density at radius 2 is 1.95 bits per heavy atom. The van der Waals surface area contributed by atoms with Crippen molar-refractivity contribution in [3.8, 4) is 5.75 Å². The molecular weight excluding hydrogens is 277 g/mol. The van der Waals surface area contributed by atoms with E-state index in [9.17, 15) is 14.0 Å². The van der Waals surface area contributed by atoms with Gasteiger partial charge in [-0.1, -0.05) is 6.92 Å². The van der Waals surface area contributed by atoms with Crippen molar-refractivity contribution in [2.24, 2.45) is 0 Å². The zero-order chi connectivity index (χ0) is 15.8. The monoisotopic (exact) mass is 297 g/mol. The first-order valence-electron chi connectivity index (χ1n) is 6.82. The SMILES string of the molecule is CCC(C(=O)O)N(C)C(=O)CCCOc1ccc(F)cc1. The highest BCUT2D eigenvalue weighted by molar-refractivity contribution is 5.83. The topological polar surface area (TPSA) is 66.8 Å². The number of hydrogen-bond donors (Lipinski definition) is 1. The molecule has 0 bridgehead atoms. The molecule has 0 heterocycles. The van der Waals surface area contributed by atoms with Crippen LogP contribution in [0.2, 0.25) is 0 Å². The minimum Gasteiger partial charge on any atom is -0.494 e. The van der Waals surface area contributed by atoms with Crippen molar-refractivity contribution in [1.29, 1.82) is 0 Å². The average molecular weight is 297 g/mol. The number of benzene rings is 1. The molecular formula is C15H20FNO4. The number of carboxylic acid groups (broad SMARTS) is 1. The summed E-state index contributed by atoms with van der Waals surface area (Å²) in [5.74, 6) is -1.03. The molecule has 6 heteroatoms. The highest BCUT2D eigenvalue weighted by atomic mass is 19.1. The Morgan fingerprint density at radius 1 is 1.33 bits per heavy atom. The number of rotatable bonds is 8. The number of carboxylic acids is 1. The molecule has 0 aliphatic carbocycles. The number of aliphatic carboxylic acids is 1. The number of amides is 1. The molecule has 0 saturated carbocycles. The first kappa shape index (κ1) is 16.9. The van der Waals surface area contributed by atoms with Crippen LogP contribution in [-0.4, -0.2) is 41.6 Å². The van der Waals surface area contributed by atoms with Crippen LogP contribution in [0.4, 0.5) is 4.39 Å². The van der Waals surface area contributed by atoms with Crippen LogP contribution in [0.25, 0.3) is 0 Å². The normalized spacial score (nSPS) is 11.8. The number of carbonyl (C=O) groups is 2. The maximum atomic E-state index is 12.7. The fourth-order valence-corrected chi connectivity index (χ4v) is 1.91. The van der Waals surface area contributed by atoms with Crippen molar-refractivity contribution in [1.82, 2.24) is 4.90 Å². The summed E-state index contributed by atoms with van der Waals surface area (Å²) < 4.78 is 18.1. The molecule has 21 heavy (non-hydrogen) atoms. The number of carbonyl (C=O) groups excluding carboxylic acids is 1. The van der Waals surface area contributed by atoms with Crippen LogP contribution in [0, 0.1) is 5.82 Å². The molecule has 1 amide bonds.